The molecular weight excluding hydrogens is 821 g/mol. The maximum absolute atomic E-state index is 14.0. The molecule has 62 heavy (non-hydrogen) atoms. The zero-order valence-electron chi connectivity index (χ0n) is 36.6. The Kier molecular flexibility index (Phi) is 21.3. The SMILES string of the molecule is Cc1ncsc1-c1ccc([C@H](C)NC(=O)[C@@H]2C[C@@H](O)CN2C(=O)[C@H](NC(=O)CCOCCOCCOCCOCCOCCOCCc2cccnc2C(N)=O)C(C)(C)C)cc1. The minimum Gasteiger partial charge on any atom is -0.391 e. The number of carbonyl (C=O) groups excluding carboxylic acids is 4. The maximum atomic E-state index is 14.0. The Morgan fingerprint density at radius 3 is 1.94 bits per heavy atom. The Morgan fingerprint density at radius 2 is 1.40 bits per heavy atom. The summed E-state index contributed by atoms with van der Waals surface area (Å²) in [6.07, 6.45) is 1.33. The van der Waals surface area contributed by atoms with Crippen molar-refractivity contribution in [2.45, 2.75) is 78.1 Å². The van der Waals surface area contributed by atoms with E-state index in [9.17, 15) is 24.3 Å². The highest BCUT2D eigenvalue weighted by atomic mass is 32.1. The van der Waals surface area contributed by atoms with Crippen molar-refractivity contribution < 1.29 is 52.7 Å². The first-order valence-electron chi connectivity index (χ1n) is 21.0. The number of β-amino-alcohol motifs (C(OH)–C–C–N with tert-alkyl or cyclic N) is 1. The van der Waals surface area contributed by atoms with Crippen LogP contribution in [0.3, 0.4) is 0 Å². The summed E-state index contributed by atoms with van der Waals surface area (Å²) in [5.74, 6) is -1.71. The number of likely N-dealkylation sites (tertiary alicyclic amines) is 1. The lowest BCUT2D eigenvalue weighted by Gasteiger charge is -2.35. The van der Waals surface area contributed by atoms with E-state index in [1.54, 1.807) is 23.5 Å². The molecule has 1 fully saturated rings. The summed E-state index contributed by atoms with van der Waals surface area (Å²) in [7, 11) is 0. The van der Waals surface area contributed by atoms with Gasteiger partial charge in [-0.2, -0.15) is 0 Å². The molecule has 0 aliphatic carbocycles. The number of carbonyl (C=O) groups is 4. The van der Waals surface area contributed by atoms with Gasteiger partial charge < -0.3 is 54.8 Å². The van der Waals surface area contributed by atoms with Crippen LogP contribution in [-0.2, 0) is 49.2 Å². The van der Waals surface area contributed by atoms with E-state index < -0.39 is 35.4 Å². The van der Waals surface area contributed by atoms with Crippen molar-refractivity contribution in [3.05, 3.63) is 70.6 Å². The maximum Gasteiger partial charge on any atom is 0.267 e. The number of nitrogens with one attached hydrogen (secondary N) is 2. The minimum atomic E-state index is -0.931. The predicted molar refractivity (Wildman–Crippen MR) is 232 cm³/mol. The van der Waals surface area contributed by atoms with Crippen molar-refractivity contribution in [2.24, 2.45) is 11.1 Å². The van der Waals surface area contributed by atoms with E-state index in [0.29, 0.717) is 72.5 Å². The molecule has 5 N–H and O–H groups in total. The number of aromatic nitrogens is 2. The third-order valence-electron chi connectivity index (χ3n) is 10.0. The molecular formula is C44H64N6O11S. The van der Waals surface area contributed by atoms with Crippen LogP contribution in [0, 0.1) is 12.3 Å². The molecule has 342 valence electrons. The molecule has 1 saturated heterocycles. The topological polar surface area (TPSA) is 223 Å². The third-order valence-corrected chi connectivity index (χ3v) is 11.0. The van der Waals surface area contributed by atoms with Crippen molar-refractivity contribution >= 4 is 35.0 Å². The fourth-order valence-electron chi connectivity index (χ4n) is 6.66. The van der Waals surface area contributed by atoms with E-state index in [0.717, 1.165) is 27.3 Å². The summed E-state index contributed by atoms with van der Waals surface area (Å²) < 4.78 is 33.2. The van der Waals surface area contributed by atoms with Gasteiger partial charge in [0.05, 0.1) is 108 Å². The van der Waals surface area contributed by atoms with E-state index in [1.165, 1.54) is 11.1 Å². The molecule has 1 aromatic carbocycles. The standard InChI is InChI=1S/C44H64N6O11S/c1-30(32-8-10-34(11-9-32)39-31(2)47-29-62-39)48-42(54)36-27-35(51)28-50(36)43(55)40(44(3,4)5)49-37(52)13-16-57-18-20-59-22-24-61-26-25-60-23-21-58-19-17-56-15-12-33-7-6-14-46-38(33)41(45)53/h6-11,14,29-30,35-36,40,51H,12-13,15-28H2,1-5H3,(H2,45,53)(H,48,54)(H,49,52)/t30-,35+,36-,40-/m0/s1. The average molecular weight is 885 g/mol. The number of pyridine rings is 1. The number of nitrogens with zero attached hydrogens (tertiary/aromatic N) is 3. The molecule has 3 heterocycles. The van der Waals surface area contributed by atoms with Crippen molar-refractivity contribution in [3.63, 3.8) is 0 Å². The van der Waals surface area contributed by atoms with E-state index in [1.807, 2.05) is 64.4 Å². The normalized spacial score (nSPS) is 16.3. The number of amides is 4. The number of ether oxygens (including phenoxy) is 6. The largest absolute Gasteiger partial charge is 0.391 e. The summed E-state index contributed by atoms with van der Waals surface area (Å²) in [6.45, 7) is 13.8. The van der Waals surface area contributed by atoms with Gasteiger partial charge in [-0.25, -0.2) is 4.98 Å². The molecule has 17 nitrogen and oxygen atoms in total. The molecule has 4 rings (SSSR count). The average Bonchev–Trinajstić information content (AvgIpc) is 3.86. The lowest BCUT2D eigenvalue weighted by atomic mass is 9.85. The summed E-state index contributed by atoms with van der Waals surface area (Å²) in [5, 5.41) is 16.4. The van der Waals surface area contributed by atoms with Gasteiger partial charge in [0, 0.05) is 25.6 Å². The third kappa shape index (κ3) is 16.7. The van der Waals surface area contributed by atoms with Crippen molar-refractivity contribution in [2.75, 3.05) is 85.8 Å². The van der Waals surface area contributed by atoms with Crippen LogP contribution >= 0.6 is 11.3 Å². The van der Waals surface area contributed by atoms with Crippen molar-refractivity contribution in [3.8, 4) is 10.4 Å². The number of rotatable bonds is 28. The molecule has 0 saturated carbocycles. The molecule has 2 aromatic heterocycles. The molecule has 0 unspecified atom stereocenters. The number of thiazole rings is 1. The number of hydrogen-bond donors (Lipinski definition) is 4. The molecule has 4 atom stereocenters. The second-order valence-corrected chi connectivity index (χ2v) is 16.8. The van der Waals surface area contributed by atoms with Crippen LogP contribution in [-0.4, -0.2) is 148 Å². The summed E-state index contributed by atoms with van der Waals surface area (Å²) >= 11 is 1.57. The van der Waals surface area contributed by atoms with Crippen LogP contribution in [0.15, 0.2) is 48.1 Å². The Bertz CT molecular complexity index is 1840. The molecule has 1 aliphatic heterocycles. The number of aliphatic hydroxyl groups is 1. The molecule has 0 radical (unpaired) electrons. The van der Waals surface area contributed by atoms with Gasteiger partial charge in [0.1, 0.15) is 17.8 Å². The number of benzene rings is 1. The highest BCUT2D eigenvalue weighted by molar-refractivity contribution is 7.13. The van der Waals surface area contributed by atoms with Crippen LogP contribution in [0.25, 0.3) is 10.4 Å². The molecule has 0 bridgehead atoms. The van der Waals surface area contributed by atoms with E-state index in [4.69, 9.17) is 34.2 Å². The zero-order valence-corrected chi connectivity index (χ0v) is 37.4. The summed E-state index contributed by atoms with van der Waals surface area (Å²) in [6, 6.07) is 9.32. The fourth-order valence-corrected chi connectivity index (χ4v) is 7.47. The Labute approximate surface area is 368 Å². The number of aryl methyl sites for hydroxylation is 1. The van der Waals surface area contributed by atoms with Gasteiger partial charge in [0.2, 0.25) is 17.7 Å². The first-order chi connectivity index (χ1) is 29.8. The lowest BCUT2D eigenvalue weighted by molar-refractivity contribution is -0.144. The monoisotopic (exact) mass is 884 g/mol. The van der Waals surface area contributed by atoms with Crippen LogP contribution in [0.1, 0.15) is 73.9 Å². The Balaban J connectivity index is 1.02. The van der Waals surface area contributed by atoms with Gasteiger partial charge in [0.15, 0.2) is 0 Å². The van der Waals surface area contributed by atoms with Crippen molar-refractivity contribution in [1.29, 1.82) is 0 Å². The highest BCUT2D eigenvalue weighted by Crippen LogP contribution is 2.29. The van der Waals surface area contributed by atoms with Crippen LogP contribution in [0.2, 0.25) is 0 Å². The smallest absolute Gasteiger partial charge is 0.267 e. The number of hydrogen-bond acceptors (Lipinski definition) is 14. The molecule has 1 aliphatic rings. The van der Waals surface area contributed by atoms with Gasteiger partial charge >= 0.3 is 0 Å². The van der Waals surface area contributed by atoms with Crippen molar-refractivity contribution in [1.82, 2.24) is 25.5 Å². The van der Waals surface area contributed by atoms with Gasteiger partial charge in [0.25, 0.3) is 5.91 Å². The zero-order chi connectivity index (χ0) is 44.9. The first kappa shape index (κ1) is 50.2. The molecule has 4 amide bonds. The fraction of sp³-hybridized carbons (Fsp3) is 0.591. The molecule has 18 heteroatoms. The molecule has 3 aromatic rings. The van der Waals surface area contributed by atoms with E-state index in [-0.39, 0.29) is 56.2 Å². The highest BCUT2D eigenvalue weighted by Gasteiger charge is 2.44. The Morgan fingerprint density at radius 1 is 0.839 bits per heavy atom. The number of nitrogens with two attached hydrogens (primary N) is 1. The second kappa shape index (κ2) is 26.3. The summed E-state index contributed by atoms with van der Waals surface area (Å²) in [4.78, 5) is 62.7. The Hall–Kier alpha value is -4.40. The molecule has 0 spiro atoms. The van der Waals surface area contributed by atoms with Gasteiger partial charge in [-0.1, -0.05) is 51.1 Å². The van der Waals surface area contributed by atoms with Gasteiger partial charge in [-0.15, -0.1) is 11.3 Å². The number of primary amides is 1. The van der Waals surface area contributed by atoms with E-state index >= 15 is 0 Å². The van der Waals surface area contributed by atoms with Crippen LogP contribution in [0.4, 0.5) is 0 Å². The van der Waals surface area contributed by atoms with Crippen LogP contribution in [0.5, 0.6) is 0 Å². The second-order valence-electron chi connectivity index (χ2n) is 15.9. The summed E-state index contributed by atoms with van der Waals surface area (Å²) in [5.41, 5.74) is 10.4. The van der Waals surface area contributed by atoms with Gasteiger partial charge in [-0.3, -0.25) is 24.2 Å². The quantitative estimate of drug-likeness (QED) is 0.0772. The lowest BCUT2D eigenvalue weighted by Crippen LogP contribution is -2.58. The predicted octanol–water partition coefficient (Wildman–Crippen LogP) is 3.01. The minimum absolute atomic E-state index is 0.00863. The van der Waals surface area contributed by atoms with Crippen LogP contribution < -0.4 is 16.4 Å². The first-order valence-corrected chi connectivity index (χ1v) is 21.9. The van der Waals surface area contributed by atoms with Gasteiger partial charge in [-0.05, 0) is 48.4 Å². The number of aliphatic hydroxyl groups excluding tert-OH is 1. The van der Waals surface area contributed by atoms with E-state index in [2.05, 4.69) is 20.6 Å².